The highest BCUT2D eigenvalue weighted by Crippen LogP contribution is 1.47. The predicted molar refractivity (Wildman–Crippen MR) is 40.5 cm³/mol. The van der Waals surface area contributed by atoms with Crippen molar-refractivity contribution < 1.29 is 0 Å². The van der Waals surface area contributed by atoms with E-state index in [1.807, 2.05) is 33.0 Å². The van der Waals surface area contributed by atoms with Gasteiger partial charge in [-0.05, 0) is 28.1 Å². The topological polar surface area (TPSA) is 38.2 Å². The van der Waals surface area contributed by atoms with Gasteiger partial charge in [-0.1, -0.05) is 6.08 Å². The maximum atomic E-state index is 3.36. The lowest BCUT2D eigenvalue weighted by atomic mass is 10.8. The summed E-state index contributed by atoms with van der Waals surface area (Å²) in [6, 6.07) is 0. The average molecular weight is 118 g/mol. The fourth-order valence-electron chi connectivity index (χ4n) is 0. The zero-order valence-electron chi connectivity index (χ0n) is 6.44. The highest BCUT2D eigenvalue weighted by molar-refractivity contribution is 4.51. The van der Waals surface area contributed by atoms with Crippen molar-refractivity contribution in [2.24, 2.45) is 0 Å². The Bertz CT molecular complexity index is 30.8. The molecule has 0 radical (unpaired) electrons. The number of hydrogen-bond acceptors (Lipinski definition) is 2. The molecule has 52 valence electrons. The van der Waals surface area contributed by atoms with Crippen LogP contribution in [0.15, 0.2) is 12.7 Å². The van der Waals surface area contributed by atoms with Gasteiger partial charge in [0, 0.05) is 0 Å². The minimum Gasteiger partial charge on any atom is -0.344 e. The van der Waals surface area contributed by atoms with Gasteiger partial charge in [-0.25, -0.2) is 0 Å². The fourth-order valence-corrected chi connectivity index (χ4v) is 0. The lowest BCUT2D eigenvalue weighted by Gasteiger charge is -1.90. The normalized spacial score (nSPS) is 6.12. The molecule has 3 N–H and O–H groups in total. The van der Waals surface area contributed by atoms with Crippen LogP contribution in [0, 0.1) is 0 Å². The Balaban J connectivity index is -0.0000000575. The first-order valence-corrected chi connectivity index (χ1v) is 2.33. The van der Waals surface area contributed by atoms with Crippen molar-refractivity contribution in [1.29, 1.82) is 0 Å². The quantitative estimate of drug-likeness (QED) is 0.490. The molecule has 0 spiro atoms. The Morgan fingerprint density at radius 1 is 1.25 bits per heavy atom. The van der Waals surface area contributed by atoms with Crippen molar-refractivity contribution in [3.63, 3.8) is 0 Å². The molecule has 0 amide bonds. The van der Waals surface area contributed by atoms with Crippen LogP contribution in [-0.2, 0) is 0 Å². The van der Waals surface area contributed by atoms with E-state index in [1.165, 1.54) is 0 Å². The van der Waals surface area contributed by atoms with Crippen molar-refractivity contribution in [3.8, 4) is 0 Å². The van der Waals surface area contributed by atoms with Crippen LogP contribution in [0.5, 0.6) is 0 Å². The maximum Gasteiger partial charge on any atom is -0.0140 e. The lowest BCUT2D eigenvalue weighted by Crippen LogP contribution is -1.99. The van der Waals surface area contributed by atoms with E-state index in [9.17, 15) is 0 Å². The van der Waals surface area contributed by atoms with Crippen LogP contribution in [-0.4, -0.2) is 26.0 Å². The average Bonchev–Trinajstić information content (AvgIpc) is 1.33. The molecule has 2 nitrogen and oxygen atoms in total. The molecule has 0 saturated carbocycles. The summed E-state index contributed by atoms with van der Waals surface area (Å²) in [5.41, 5.74) is 0. The van der Waals surface area contributed by atoms with Gasteiger partial charge in [0.05, 0.1) is 0 Å². The molecule has 0 rings (SSSR count). The molecule has 0 aromatic rings. The molecular formula is C6H18N2. The first-order chi connectivity index (χ1) is 3.15. The molecular weight excluding hydrogens is 100 g/mol. The minimum absolute atomic E-state index is 0. The first-order valence-electron chi connectivity index (χ1n) is 2.33. The van der Waals surface area contributed by atoms with Crippen LogP contribution in [0.25, 0.3) is 0 Å². The Morgan fingerprint density at radius 2 is 1.25 bits per heavy atom. The third kappa shape index (κ3) is 1060. The van der Waals surface area contributed by atoms with Crippen molar-refractivity contribution in [1.82, 2.24) is 11.1 Å². The van der Waals surface area contributed by atoms with Gasteiger partial charge in [0.15, 0.2) is 0 Å². The predicted octanol–water partition coefficient (Wildman–Crippen LogP) is 1.53. The molecule has 0 heterocycles. The zero-order chi connectivity index (χ0) is 6.28. The number of nitrogens with zero attached hydrogens (tertiary/aromatic N) is 1. The summed E-state index contributed by atoms with van der Waals surface area (Å²) < 4.78 is 0. The second kappa shape index (κ2) is 15.9. The second-order valence-electron chi connectivity index (χ2n) is 1.75. The molecule has 0 atom stereocenters. The second-order valence-corrected chi connectivity index (χ2v) is 1.75. The third-order valence-electron chi connectivity index (χ3n) is 0. The number of rotatable bonds is 0. The summed E-state index contributed by atoms with van der Waals surface area (Å²) in [5, 5.41) is 0. The Labute approximate surface area is 52.8 Å². The first kappa shape index (κ1) is 15.6. The summed E-state index contributed by atoms with van der Waals surface area (Å²) in [6.45, 7) is 5.25. The summed E-state index contributed by atoms with van der Waals surface area (Å²) in [7, 11) is 6.00. The molecule has 0 aromatic carbocycles. The number of hydrogen-bond donors (Lipinski definition) is 1. The Morgan fingerprint density at radius 3 is 1.25 bits per heavy atom. The third-order valence-corrected chi connectivity index (χ3v) is 0. The van der Waals surface area contributed by atoms with Gasteiger partial charge >= 0.3 is 0 Å². The molecule has 0 aromatic heterocycles. The molecule has 0 fully saturated rings. The summed E-state index contributed by atoms with van der Waals surface area (Å²) in [6.07, 6.45) is 1.75. The van der Waals surface area contributed by atoms with E-state index in [4.69, 9.17) is 0 Å². The van der Waals surface area contributed by atoms with Gasteiger partial charge in [-0.3, -0.25) is 0 Å². The Hall–Kier alpha value is -0.340. The van der Waals surface area contributed by atoms with Crippen molar-refractivity contribution in [3.05, 3.63) is 12.7 Å². The smallest absolute Gasteiger partial charge is 0.0140 e. The van der Waals surface area contributed by atoms with Gasteiger partial charge in [-0.2, -0.15) is 0 Å². The highest BCUT2D eigenvalue weighted by atomic mass is 15.0. The molecule has 0 bridgehead atoms. The van der Waals surface area contributed by atoms with E-state index >= 15 is 0 Å². The molecule has 0 saturated heterocycles. The van der Waals surface area contributed by atoms with Crippen molar-refractivity contribution in [2.75, 3.05) is 21.1 Å². The van der Waals surface area contributed by atoms with Crippen molar-refractivity contribution in [2.45, 2.75) is 6.92 Å². The van der Waals surface area contributed by atoms with E-state index in [0.29, 0.717) is 0 Å². The molecule has 0 aliphatic carbocycles. The maximum absolute atomic E-state index is 3.36. The van der Waals surface area contributed by atoms with Crippen LogP contribution in [0.3, 0.4) is 0 Å². The SMILES string of the molecule is C=CC.CN(C)C.N. The molecule has 2 heteroatoms. The van der Waals surface area contributed by atoms with Gasteiger partial charge in [-0.15, -0.1) is 6.58 Å². The standard InChI is InChI=1S/C3H9N.C3H6.H3N/c1-4(2)3;1-3-2;/h1-3H3;3H,1H2,2H3;1H3. The van der Waals surface area contributed by atoms with Gasteiger partial charge in [0.25, 0.3) is 0 Å². The molecule has 8 heavy (non-hydrogen) atoms. The molecule has 0 aliphatic heterocycles. The zero-order valence-corrected chi connectivity index (χ0v) is 6.44. The fraction of sp³-hybridized carbons (Fsp3) is 0.667. The van der Waals surface area contributed by atoms with E-state index in [1.54, 1.807) is 6.08 Å². The van der Waals surface area contributed by atoms with E-state index < -0.39 is 0 Å². The van der Waals surface area contributed by atoms with Crippen LogP contribution >= 0.6 is 0 Å². The molecule has 0 unspecified atom stereocenters. The van der Waals surface area contributed by atoms with E-state index in [0.717, 1.165) is 0 Å². The van der Waals surface area contributed by atoms with Crippen molar-refractivity contribution >= 4 is 0 Å². The Kier molecular flexibility index (Phi) is 31.2. The van der Waals surface area contributed by atoms with E-state index in [2.05, 4.69) is 6.58 Å². The summed E-state index contributed by atoms with van der Waals surface area (Å²) in [4.78, 5) is 2.00. The summed E-state index contributed by atoms with van der Waals surface area (Å²) >= 11 is 0. The van der Waals surface area contributed by atoms with Crippen LogP contribution in [0.2, 0.25) is 0 Å². The van der Waals surface area contributed by atoms with Crippen LogP contribution in [0.1, 0.15) is 6.92 Å². The van der Waals surface area contributed by atoms with Gasteiger partial charge in [0.1, 0.15) is 0 Å². The van der Waals surface area contributed by atoms with Crippen LogP contribution < -0.4 is 6.15 Å². The lowest BCUT2D eigenvalue weighted by molar-refractivity contribution is 0.505. The van der Waals surface area contributed by atoms with Gasteiger partial charge < -0.3 is 11.1 Å². The minimum atomic E-state index is 0. The van der Waals surface area contributed by atoms with Crippen LogP contribution in [0.4, 0.5) is 0 Å². The monoisotopic (exact) mass is 118 g/mol. The van der Waals surface area contributed by atoms with E-state index in [-0.39, 0.29) is 6.15 Å². The van der Waals surface area contributed by atoms with Gasteiger partial charge in [0.2, 0.25) is 0 Å². The number of allylic oxidation sites excluding steroid dienone is 1. The molecule has 0 aliphatic rings. The summed E-state index contributed by atoms with van der Waals surface area (Å²) in [5.74, 6) is 0. The largest absolute Gasteiger partial charge is 0.344 e. The highest BCUT2D eigenvalue weighted by Gasteiger charge is 1.58.